The molecule has 0 spiro atoms. The van der Waals surface area contributed by atoms with Crippen LogP contribution in [0.3, 0.4) is 0 Å². The molecule has 7 heteroatoms. The van der Waals surface area contributed by atoms with E-state index in [9.17, 15) is 0 Å². The topological polar surface area (TPSA) is 97.2 Å². The third-order valence-corrected chi connectivity index (χ3v) is 2.88. The average Bonchev–Trinajstić information content (AvgIpc) is 3.04. The third-order valence-electron chi connectivity index (χ3n) is 2.88. The zero-order valence-electron chi connectivity index (χ0n) is 10.9. The van der Waals surface area contributed by atoms with Crippen LogP contribution in [0, 0.1) is 0 Å². The Kier molecular flexibility index (Phi) is 3.00. The predicted molar refractivity (Wildman–Crippen MR) is 75.8 cm³/mol. The van der Waals surface area contributed by atoms with E-state index in [2.05, 4.69) is 25.4 Å². The van der Waals surface area contributed by atoms with Crippen molar-refractivity contribution in [1.82, 2.24) is 19.7 Å². The number of hydrogen-bond acceptors (Lipinski definition) is 5. The molecular weight excluding hydrogens is 254 g/mol. The van der Waals surface area contributed by atoms with E-state index >= 15 is 0 Å². The van der Waals surface area contributed by atoms with Crippen molar-refractivity contribution in [3.63, 3.8) is 0 Å². The number of rotatable bonds is 3. The normalized spacial score (nSPS) is 11.2. The summed E-state index contributed by atoms with van der Waals surface area (Å²) in [7, 11) is 1.94. The number of H-pyrrole nitrogens is 1. The molecule has 100 valence electrons. The number of azo groups is 1. The standard InChI is InChI=1S/C13H13N7/c1-20-7-3-5-10(20)11-12(13(14)19-17-11)18-16-9-4-2-6-15-8-9/h2-8H,1H3,(H3,14,17,19). The van der Waals surface area contributed by atoms with E-state index in [4.69, 9.17) is 5.73 Å². The summed E-state index contributed by atoms with van der Waals surface area (Å²) in [5.41, 5.74) is 8.70. The Morgan fingerprint density at radius 1 is 1.25 bits per heavy atom. The zero-order valence-corrected chi connectivity index (χ0v) is 10.9. The monoisotopic (exact) mass is 267 g/mol. The van der Waals surface area contributed by atoms with Gasteiger partial charge >= 0.3 is 0 Å². The molecule has 0 saturated carbocycles. The van der Waals surface area contributed by atoms with Crippen molar-refractivity contribution in [1.29, 1.82) is 0 Å². The highest BCUT2D eigenvalue weighted by molar-refractivity contribution is 5.77. The molecule has 0 aromatic carbocycles. The van der Waals surface area contributed by atoms with E-state index in [0.29, 0.717) is 17.2 Å². The van der Waals surface area contributed by atoms with Gasteiger partial charge < -0.3 is 10.3 Å². The summed E-state index contributed by atoms with van der Waals surface area (Å²) in [5, 5.41) is 15.2. The molecule has 3 aromatic rings. The SMILES string of the molecule is Cn1cccc1-c1[nH]nc(N)c1N=Nc1cccnc1. The van der Waals surface area contributed by atoms with Crippen LogP contribution in [0.1, 0.15) is 0 Å². The number of aromatic amines is 1. The quantitative estimate of drug-likeness (QED) is 0.714. The van der Waals surface area contributed by atoms with E-state index in [-0.39, 0.29) is 0 Å². The minimum Gasteiger partial charge on any atom is -0.380 e. The lowest BCUT2D eigenvalue weighted by Crippen LogP contribution is -1.89. The zero-order chi connectivity index (χ0) is 13.9. The van der Waals surface area contributed by atoms with Crippen LogP contribution in [0.4, 0.5) is 17.2 Å². The largest absolute Gasteiger partial charge is 0.380 e. The number of nitrogens with one attached hydrogen (secondary N) is 1. The van der Waals surface area contributed by atoms with Gasteiger partial charge in [0, 0.05) is 19.4 Å². The molecule has 3 aromatic heterocycles. The van der Waals surface area contributed by atoms with Crippen LogP contribution < -0.4 is 5.73 Å². The number of anilines is 1. The number of pyridine rings is 1. The molecule has 3 N–H and O–H groups in total. The van der Waals surface area contributed by atoms with E-state index in [1.165, 1.54) is 0 Å². The Hall–Kier alpha value is -2.96. The summed E-state index contributed by atoms with van der Waals surface area (Å²) in [6, 6.07) is 7.50. The van der Waals surface area contributed by atoms with Crippen molar-refractivity contribution in [3.05, 3.63) is 42.9 Å². The molecule has 0 aliphatic heterocycles. The average molecular weight is 267 g/mol. The van der Waals surface area contributed by atoms with Crippen molar-refractivity contribution < 1.29 is 0 Å². The van der Waals surface area contributed by atoms with Crippen LogP contribution >= 0.6 is 0 Å². The summed E-state index contributed by atoms with van der Waals surface area (Å²) in [4.78, 5) is 3.98. The van der Waals surface area contributed by atoms with Gasteiger partial charge in [0.2, 0.25) is 0 Å². The molecule has 0 fully saturated rings. The lowest BCUT2D eigenvalue weighted by molar-refractivity contribution is 0.926. The highest BCUT2D eigenvalue weighted by Gasteiger charge is 2.14. The van der Waals surface area contributed by atoms with Gasteiger partial charge in [-0.1, -0.05) is 0 Å². The highest BCUT2D eigenvalue weighted by atomic mass is 15.2. The number of nitrogens with zero attached hydrogens (tertiary/aromatic N) is 5. The molecule has 0 radical (unpaired) electrons. The van der Waals surface area contributed by atoms with Crippen LogP contribution in [0.25, 0.3) is 11.4 Å². The lowest BCUT2D eigenvalue weighted by Gasteiger charge is -2.01. The second-order valence-electron chi connectivity index (χ2n) is 4.25. The maximum atomic E-state index is 5.84. The molecule has 3 rings (SSSR count). The van der Waals surface area contributed by atoms with Crippen molar-refractivity contribution in [2.75, 3.05) is 5.73 Å². The van der Waals surface area contributed by atoms with Crippen LogP contribution in [0.2, 0.25) is 0 Å². The smallest absolute Gasteiger partial charge is 0.173 e. The fourth-order valence-electron chi connectivity index (χ4n) is 1.87. The molecule has 0 aliphatic rings. The first-order valence-corrected chi connectivity index (χ1v) is 6.03. The minimum absolute atomic E-state index is 0.314. The van der Waals surface area contributed by atoms with Crippen LogP contribution in [0.5, 0.6) is 0 Å². The van der Waals surface area contributed by atoms with Crippen LogP contribution in [-0.4, -0.2) is 19.7 Å². The Morgan fingerprint density at radius 2 is 2.15 bits per heavy atom. The van der Waals surface area contributed by atoms with Gasteiger partial charge in [-0.05, 0) is 24.3 Å². The van der Waals surface area contributed by atoms with E-state index in [1.54, 1.807) is 18.5 Å². The number of hydrogen-bond donors (Lipinski definition) is 2. The van der Waals surface area contributed by atoms with Gasteiger partial charge in [-0.15, -0.1) is 10.2 Å². The summed E-state index contributed by atoms with van der Waals surface area (Å²) in [5.74, 6) is 0.314. The summed E-state index contributed by atoms with van der Waals surface area (Å²) in [6.07, 6.45) is 5.25. The fourth-order valence-corrected chi connectivity index (χ4v) is 1.87. The Bertz CT molecular complexity index is 739. The van der Waals surface area contributed by atoms with Gasteiger partial charge in [-0.3, -0.25) is 10.1 Å². The van der Waals surface area contributed by atoms with Gasteiger partial charge in [0.15, 0.2) is 11.5 Å². The van der Waals surface area contributed by atoms with Crippen molar-refractivity contribution in [3.8, 4) is 11.4 Å². The number of aryl methyl sites for hydroxylation is 1. The Balaban J connectivity index is 2.00. The number of nitrogen functional groups attached to an aromatic ring is 1. The molecule has 0 saturated heterocycles. The van der Waals surface area contributed by atoms with Crippen molar-refractivity contribution >= 4 is 17.2 Å². The van der Waals surface area contributed by atoms with E-state index in [1.807, 2.05) is 36.0 Å². The maximum absolute atomic E-state index is 5.84. The lowest BCUT2D eigenvalue weighted by atomic mass is 10.2. The van der Waals surface area contributed by atoms with Crippen LogP contribution in [0.15, 0.2) is 53.1 Å². The molecule has 7 nitrogen and oxygen atoms in total. The maximum Gasteiger partial charge on any atom is 0.173 e. The van der Waals surface area contributed by atoms with Gasteiger partial charge in [0.25, 0.3) is 0 Å². The fraction of sp³-hybridized carbons (Fsp3) is 0.0769. The Labute approximate surface area is 115 Å². The number of nitrogens with two attached hydrogens (primary N) is 1. The van der Waals surface area contributed by atoms with Gasteiger partial charge in [0.1, 0.15) is 11.4 Å². The van der Waals surface area contributed by atoms with Crippen molar-refractivity contribution in [2.24, 2.45) is 17.3 Å². The predicted octanol–water partition coefficient (Wildman–Crippen LogP) is 2.81. The van der Waals surface area contributed by atoms with Gasteiger partial charge in [-0.25, -0.2) is 0 Å². The summed E-state index contributed by atoms with van der Waals surface area (Å²) < 4.78 is 1.95. The minimum atomic E-state index is 0.314. The first kappa shape index (κ1) is 12.1. The summed E-state index contributed by atoms with van der Waals surface area (Å²) in [6.45, 7) is 0. The first-order valence-electron chi connectivity index (χ1n) is 6.03. The molecule has 3 heterocycles. The molecular formula is C13H13N7. The molecule has 0 aliphatic carbocycles. The molecule has 0 atom stereocenters. The summed E-state index contributed by atoms with van der Waals surface area (Å²) >= 11 is 0. The third kappa shape index (κ3) is 2.16. The number of aromatic nitrogens is 4. The molecule has 20 heavy (non-hydrogen) atoms. The van der Waals surface area contributed by atoms with E-state index < -0.39 is 0 Å². The second kappa shape index (κ2) is 4.96. The Morgan fingerprint density at radius 3 is 2.85 bits per heavy atom. The molecule has 0 unspecified atom stereocenters. The molecule has 0 bridgehead atoms. The highest BCUT2D eigenvalue weighted by Crippen LogP contribution is 2.33. The molecule has 0 amide bonds. The van der Waals surface area contributed by atoms with Crippen LogP contribution in [-0.2, 0) is 7.05 Å². The van der Waals surface area contributed by atoms with Crippen molar-refractivity contribution in [2.45, 2.75) is 0 Å². The van der Waals surface area contributed by atoms with Gasteiger partial charge in [-0.2, -0.15) is 5.10 Å². The first-order chi connectivity index (χ1) is 9.75. The van der Waals surface area contributed by atoms with Gasteiger partial charge in [0.05, 0.1) is 11.9 Å². The second-order valence-corrected chi connectivity index (χ2v) is 4.25. The van der Waals surface area contributed by atoms with E-state index in [0.717, 1.165) is 11.4 Å².